The SMILES string of the molecule is O=C(O)c1cccc(C2Cc3cc(C(F)(F)F)cc(Cl)c3O2)c1. The summed E-state index contributed by atoms with van der Waals surface area (Å²) in [6, 6.07) is 7.95. The highest BCUT2D eigenvalue weighted by atomic mass is 35.5. The first kappa shape index (κ1) is 15.7. The number of ether oxygens (including phenoxy) is 1. The third-order valence-electron chi connectivity index (χ3n) is 3.62. The maximum Gasteiger partial charge on any atom is 0.416 e. The molecule has 1 N–H and O–H groups in total. The van der Waals surface area contributed by atoms with E-state index >= 15 is 0 Å². The summed E-state index contributed by atoms with van der Waals surface area (Å²) >= 11 is 5.90. The van der Waals surface area contributed by atoms with Crippen molar-refractivity contribution in [1.82, 2.24) is 0 Å². The summed E-state index contributed by atoms with van der Waals surface area (Å²) in [7, 11) is 0. The molecule has 3 nitrogen and oxygen atoms in total. The van der Waals surface area contributed by atoms with Crippen LogP contribution in [0.4, 0.5) is 13.2 Å². The fourth-order valence-corrected chi connectivity index (χ4v) is 2.82. The molecule has 1 aliphatic rings. The maximum absolute atomic E-state index is 12.8. The van der Waals surface area contributed by atoms with Gasteiger partial charge in [0, 0.05) is 12.0 Å². The molecule has 23 heavy (non-hydrogen) atoms. The van der Waals surface area contributed by atoms with Gasteiger partial charge in [-0.25, -0.2) is 4.79 Å². The van der Waals surface area contributed by atoms with Crippen molar-refractivity contribution in [3.8, 4) is 5.75 Å². The average Bonchev–Trinajstić information content (AvgIpc) is 2.91. The zero-order chi connectivity index (χ0) is 16.8. The van der Waals surface area contributed by atoms with Crippen LogP contribution in [-0.4, -0.2) is 11.1 Å². The second-order valence-electron chi connectivity index (χ2n) is 5.19. The van der Waals surface area contributed by atoms with Crippen LogP contribution in [0.15, 0.2) is 36.4 Å². The number of fused-ring (bicyclic) bond motifs is 1. The Morgan fingerprint density at radius 1 is 1.26 bits per heavy atom. The maximum atomic E-state index is 12.8. The second-order valence-corrected chi connectivity index (χ2v) is 5.59. The normalized spacial score (nSPS) is 16.8. The number of rotatable bonds is 2. The molecule has 0 aromatic heterocycles. The molecule has 0 aliphatic carbocycles. The van der Waals surface area contributed by atoms with E-state index in [0.29, 0.717) is 11.1 Å². The predicted octanol–water partition coefficient (Wildman–Crippen LogP) is 4.73. The Balaban J connectivity index is 1.94. The molecule has 2 aromatic carbocycles. The van der Waals surface area contributed by atoms with Gasteiger partial charge in [0.15, 0.2) is 0 Å². The number of halogens is 4. The molecule has 0 amide bonds. The molecule has 3 rings (SSSR count). The van der Waals surface area contributed by atoms with Gasteiger partial charge < -0.3 is 9.84 Å². The van der Waals surface area contributed by atoms with Crippen molar-refractivity contribution in [3.05, 3.63) is 63.7 Å². The predicted molar refractivity (Wildman–Crippen MR) is 76.9 cm³/mol. The second kappa shape index (κ2) is 5.45. The van der Waals surface area contributed by atoms with Crippen LogP contribution in [0.2, 0.25) is 5.02 Å². The number of carboxylic acid groups (broad SMARTS) is 1. The van der Waals surface area contributed by atoms with Gasteiger partial charge in [-0.05, 0) is 29.8 Å². The Kier molecular flexibility index (Phi) is 3.72. The average molecular weight is 343 g/mol. The number of hydrogen-bond acceptors (Lipinski definition) is 2. The monoisotopic (exact) mass is 342 g/mol. The molecular weight excluding hydrogens is 333 g/mol. The highest BCUT2D eigenvalue weighted by molar-refractivity contribution is 6.32. The van der Waals surface area contributed by atoms with E-state index < -0.39 is 23.8 Å². The van der Waals surface area contributed by atoms with Crippen LogP contribution in [0.3, 0.4) is 0 Å². The van der Waals surface area contributed by atoms with Crippen LogP contribution in [0.1, 0.15) is 33.2 Å². The standard InChI is InChI=1S/C16H10ClF3O3/c17-12-7-11(16(18,19)20)5-10-6-13(23-14(10)12)8-2-1-3-9(4-8)15(21)22/h1-5,7,13H,6H2,(H,21,22). The Hall–Kier alpha value is -2.21. The van der Waals surface area contributed by atoms with E-state index in [2.05, 4.69) is 0 Å². The van der Waals surface area contributed by atoms with Gasteiger partial charge in [0.1, 0.15) is 11.9 Å². The molecule has 2 aromatic rings. The first-order valence-electron chi connectivity index (χ1n) is 6.65. The quantitative estimate of drug-likeness (QED) is 0.858. The van der Waals surface area contributed by atoms with Crippen molar-refractivity contribution in [3.63, 3.8) is 0 Å². The van der Waals surface area contributed by atoms with Crippen molar-refractivity contribution >= 4 is 17.6 Å². The van der Waals surface area contributed by atoms with Crippen molar-refractivity contribution in [2.75, 3.05) is 0 Å². The Morgan fingerprint density at radius 2 is 2.00 bits per heavy atom. The summed E-state index contributed by atoms with van der Waals surface area (Å²) in [6.07, 6.45) is -4.85. The fourth-order valence-electron chi connectivity index (χ4n) is 2.54. The Morgan fingerprint density at radius 3 is 2.65 bits per heavy atom. The molecule has 1 atom stereocenters. The number of carboxylic acids is 1. The van der Waals surface area contributed by atoms with E-state index in [1.165, 1.54) is 12.1 Å². The van der Waals surface area contributed by atoms with Crippen molar-refractivity contribution < 1.29 is 27.8 Å². The van der Waals surface area contributed by atoms with Gasteiger partial charge in [0.2, 0.25) is 0 Å². The van der Waals surface area contributed by atoms with Gasteiger partial charge >= 0.3 is 12.1 Å². The fraction of sp³-hybridized carbons (Fsp3) is 0.188. The minimum Gasteiger partial charge on any atom is -0.484 e. The van der Waals surface area contributed by atoms with E-state index in [1.54, 1.807) is 12.1 Å². The van der Waals surface area contributed by atoms with Gasteiger partial charge in [-0.2, -0.15) is 13.2 Å². The van der Waals surface area contributed by atoms with Crippen LogP contribution in [0.25, 0.3) is 0 Å². The first-order chi connectivity index (χ1) is 10.8. The number of alkyl halides is 3. The summed E-state index contributed by atoms with van der Waals surface area (Å²) in [5.41, 5.74) is 0.190. The van der Waals surface area contributed by atoms with Crippen molar-refractivity contribution in [2.24, 2.45) is 0 Å². The largest absolute Gasteiger partial charge is 0.484 e. The molecule has 1 unspecified atom stereocenters. The van der Waals surface area contributed by atoms with E-state index in [9.17, 15) is 18.0 Å². The van der Waals surface area contributed by atoms with E-state index in [0.717, 1.165) is 12.1 Å². The third-order valence-corrected chi connectivity index (χ3v) is 3.90. The Labute approximate surface area is 134 Å². The molecule has 7 heteroatoms. The lowest BCUT2D eigenvalue weighted by Gasteiger charge is -2.12. The van der Waals surface area contributed by atoms with Crippen LogP contribution in [0, 0.1) is 0 Å². The van der Waals surface area contributed by atoms with Gasteiger partial charge in [0.25, 0.3) is 0 Å². The van der Waals surface area contributed by atoms with Gasteiger partial charge in [-0.3, -0.25) is 0 Å². The minimum absolute atomic E-state index is 0.0872. The molecule has 1 aliphatic heterocycles. The zero-order valence-electron chi connectivity index (χ0n) is 11.5. The lowest BCUT2D eigenvalue weighted by atomic mass is 10.0. The van der Waals surface area contributed by atoms with Gasteiger partial charge in [-0.1, -0.05) is 23.7 Å². The molecule has 0 saturated carbocycles. The van der Waals surface area contributed by atoms with E-state index in [4.69, 9.17) is 21.4 Å². The summed E-state index contributed by atoms with van der Waals surface area (Å²) < 4.78 is 44.1. The van der Waals surface area contributed by atoms with Gasteiger partial charge in [-0.15, -0.1) is 0 Å². The molecule has 0 radical (unpaired) electrons. The molecule has 0 fully saturated rings. The number of benzene rings is 2. The zero-order valence-corrected chi connectivity index (χ0v) is 12.3. The lowest BCUT2D eigenvalue weighted by Crippen LogP contribution is -2.05. The van der Waals surface area contributed by atoms with Crippen LogP contribution in [-0.2, 0) is 12.6 Å². The van der Waals surface area contributed by atoms with Gasteiger partial charge in [0.05, 0.1) is 16.1 Å². The highest BCUT2D eigenvalue weighted by Crippen LogP contribution is 2.44. The third kappa shape index (κ3) is 2.99. The Bertz CT molecular complexity index is 787. The van der Waals surface area contributed by atoms with Crippen molar-refractivity contribution in [1.29, 1.82) is 0 Å². The summed E-state index contributed by atoms with van der Waals surface area (Å²) in [5, 5.41) is 8.90. The molecule has 1 heterocycles. The van der Waals surface area contributed by atoms with E-state index in [1.807, 2.05) is 0 Å². The lowest BCUT2D eigenvalue weighted by molar-refractivity contribution is -0.137. The molecule has 0 spiro atoms. The summed E-state index contributed by atoms with van der Waals surface area (Å²) in [4.78, 5) is 11.0. The summed E-state index contributed by atoms with van der Waals surface area (Å²) in [5.74, 6) is -0.870. The highest BCUT2D eigenvalue weighted by Gasteiger charge is 2.35. The van der Waals surface area contributed by atoms with Crippen molar-refractivity contribution in [2.45, 2.75) is 18.7 Å². The molecule has 0 saturated heterocycles. The molecule has 120 valence electrons. The van der Waals surface area contributed by atoms with Crippen LogP contribution >= 0.6 is 11.6 Å². The topological polar surface area (TPSA) is 46.5 Å². The number of aromatic carboxylic acids is 1. The van der Waals surface area contributed by atoms with Crippen LogP contribution < -0.4 is 4.74 Å². The number of carbonyl (C=O) groups is 1. The first-order valence-corrected chi connectivity index (χ1v) is 7.03. The molecular formula is C16H10ClF3O3. The minimum atomic E-state index is -4.49. The molecule has 0 bridgehead atoms. The van der Waals surface area contributed by atoms with E-state index in [-0.39, 0.29) is 22.8 Å². The number of hydrogen-bond donors (Lipinski definition) is 1. The summed E-state index contributed by atoms with van der Waals surface area (Å²) in [6.45, 7) is 0. The van der Waals surface area contributed by atoms with Crippen LogP contribution in [0.5, 0.6) is 5.75 Å². The smallest absolute Gasteiger partial charge is 0.416 e.